The Bertz CT molecular complexity index is 383. The maximum atomic E-state index is 10.6. The smallest absolute Gasteiger partial charge is 0.273 e. The van der Waals surface area contributed by atoms with E-state index in [-0.39, 0.29) is 11.2 Å². The molecule has 0 aliphatic heterocycles. The molecule has 1 aromatic rings. The van der Waals surface area contributed by atoms with Crippen molar-refractivity contribution in [3.8, 4) is 0 Å². The lowest BCUT2D eigenvalue weighted by Gasteiger charge is -2.22. The van der Waals surface area contributed by atoms with Crippen LogP contribution >= 0.6 is 0 Å². The molecular formula is C10H15N3O2. The van der Waals surface area contributed by atoms with Crippen LogP contribution in [0.4, 0.5) is 17.1 Å². The fourth-order valence-corrected chi connectivity index (χ4v) is 1.25. The molecule has 0 heterocycles. The number of non-ortho nitro benzene ring substituents is 1. The van der Waals surface area contributed by atoms with Gasteiger partial charge in [-0.1, -0.05) is 0 Å². The first-order valence-electron chi connectivity index (χ1n) is 4.61. The number of nitrogens with two attached hydrogens (primary N) is 1. The largest absolute Gasteiger partial charge is 0.398 e. The monoisotopic (exact) mass is 209 g/mol. The summed E-state index contributed by atoms with van der Waals surface area (Å²) >= 11 is 0. The fourth-order valence-electron chi connectivity index (χ4n) is 1.25. The first-order chi connectivity index (χ1) is 6.78. The van der Waals surface area contributed by atoms with Crippen LogP contribution in [-0.4, -0.2) is 10.5 Å². The Balaban J connectivity index is 3.04. The summed E-state index contributed by atoms with van der Waals surface area (Å²) in [5.41, 5.74) is 6.47. The van der Waals surface area contributed by atoms with Crippen molar-refractivity contribution in [3.63, 3.8) is 0 Å². The minimum absolute atomic E-state index is 0.00162. The van der Waals surface area contributed by atoms with Gasteiger partial charge >= 0.3 is 0 Å². The van der Waals surface area contributed by atoms with Gasteiger partial charge in [-0.3, -0.25) is 10.1 Å². The topological polar surface area (TPSA) is 81.2 Å². The molecule has 0 fully saturated rings. The van der Waals surface area contributed by atoms with Crippen molar-refractivity contribution < 1.29 is 4.92 Å². The van der Waals surface area contributed by atoms with Crippen molar-refractivity contribution in [2.24, 2.45) is 0 Å². The van der Waals surface area contributed by atoms with Crippen LogP contribution in [0, 0.1) is 10.1 Å². The van der Waals surface area contributed by atoms with Crippen molar-refractivity contribution in [3.05, 3.63) is 28.3 Å². The average Bonchev–Trinajstić information content (AvgIpc) is 1.99. The molecule has 0 spiro atoms. The lowest BCUT2D eigenvalue weighted by molar-refractivity contribution is -0.384. The standard InChI is InChI=1S/C10H15N3O2/c1-10(2,3)12-8-4-7(11)5-9(6-8)13(14)15/h4-6,12H,11H2,1-3H3. The van der Waals surface area contributed by atoms with Gasteiger partial charge in [-0.2, -0.15) is 0 Å². The van der Waals surface area contributed by atoms with Crippen molar-refractivity contribution >= 4 is 17.1 Å². The molecule has 0 aliphatic rings. The summed E-state index contributed by atoms with van der Waals surface area (Å²) in [6.07, 6.45) is 0. The van der Waals surface area contributed by atoms with Crippen molar-refractivity contribution in [2.45, 2.75) is 26.3 Å². The van der Waals surface area contributed by atoms with Crippen molar-refractivity contribution in [2.75, 3.05) is 11.1 Å². The third-order valence-electron chi connectivity index (χ3n) is 1.67. The number of benzene rings is 1. The van der Waals surface area contributed by atoms with Gasteiger partial charge in [0.05, 0.1) is 4.92 Å². The van der Waals surface area contributed by atoms with Gasteiger partial charge in [0.15, 0.2) is 0 Å². The molecule has 0 unspecified atom stereocenters. The lowest BCUT2D eigenvalue weighted by atomic mass is 10.1. The summed E-state index contributed by atoms with van der Waals surface area (Å²) in [5.74, 6) is 0. The van der Waals surface area contributed by atoms with E-state index >= 15 is 0 Å². The van der Waals surface area contributed by atoms with Gasteiger partial charge in [-0.15, -0.1) is 0 Å². The van der Waals surface area contributed by atoms with E-state index in [0.29, 0.717) is 11.4 Å². The average molecular weight is 209 g/mol. The highest BCUT2D eigenvalue weighted by Crippen LogP contribution is 2.24. The van der Waals surface area contributed by atoms with Gasteiger partial charge in [0.25, 0.3) is 5.69 Å². The number of anilines is 2. The van der Waals surface area contributed by atoms with Crippen LogP contribution in [0.25, 0.3) is 0 Å². The predicted octanol–water partition coefficient (Wildman–Crippen LogP) is 2.39. The SMILES string of the molecule is CC(C)(C)Nc1cc(N)cc([N+](=O)[O-])c1. The Morgan fingerprint density at radius 2 is 1.93 bits per heavy atom. The number of nitro benzene ring substituents is 1. The van der Waals surface area contributed by atoms with Gasteiger partial charge in [0.1, 0.15) is 0 Å². The van der Waals surface area contributed by atoms with E-state index in [4.69, 9.17) is 5.73 Å². The molecule has 1 aromatic carbocycles. The van der Waals surface area contributed by atoms with E-state index in [1.165, 1.54) is 12.1 Å². The van der Waals surface area contributed by atoms with Gasteiger partial charge in [-0.05, 0) is 26.8 Å². The zero-order chi connectivity index (χ0) is 11.6. The first-order valence-corrected chi connectivity index (χ1v) is 4.61. The van der Waals surface area contributed by atoms with E-state index in [1.807, 2.05) is 20.8 Å². The Morgan fingerprint density at radius 1 is 1.33 bits per heavy atom. The number of hydrogen-bond donors (Lipinski definition) is 2. The molecular weight excluding hydrogens is 194 g/mol. The quantitative estimate of drug-likeness (QED) is 0.445. The second-order valence-corrected chi connectivity index (χ2v) is 4.45. The van der Waals surface area contributed by atoms with E-state index in [0.717, 1.165) is 0 Å². The highest BCUT2D eigenvalue weighted by atomic mass is 16.6. The Kier molecular flexibility index (Phi) is 2.83. The molecule has 5 heteroatoms. The molecule has 5 nitrogen and oxygen atoms in total. The Hall–Kier alpha value is -1.78. The zero-order valence-electron chi connectivity index (χ0n) is 9.07. The first kappa shape index (κ1) is 11.3. The molecule has 0 atom stereocenters. The predicted molar refractivity (Wildman–Crippen MR) is 60.9 cm³/mol. The molecule has 82 valence electrons. The van der Waals surface area contributed by atoms with Gasteiger partial charge in [-0.25, -0.2) is 0 Å². The molecule has 0 saturated heterocycles. The Morgan fingerprint density at radius 3 is 2.40 bits per heavy atom. The number of hydrogen-bond acceptors (Lipinski definition) is 4. The summed E-state index contributed by atoms with van der Waals surface area (Å²) in [6.45, 7) is 5.92. The number of nitrogens with one attached hydrogen (secondary N) is 1. The van der Waals surface area contributed by atoms with Gasteiger partial charge in [0, 0.05) is 29.0 Å². The minimum atomic E-state index is -0.454. The van der Waals surface area contributed by atoms with E-state index in [9.17, 15) is 10.1 Å². The minimum Gasteiger partial charge on any atom is -0.398 e. The molecule has 15 heavy (non-hydrogen) atoms. The molecule has 0 saturated carbocycles. The summed E-state index contributed by atoms with van der Waals surface area (Å²) in [6, 6.07) is 4.49. The third kappa shape index (κ3) is 3.46. The van der Waals surface area contributed by atoms with Crippen LogP contribution in [0.3, 0.4) is 0 Å². The van der Waals surface area contributed by atoms with Crippen LogP contribution < -0.4 is 11.1 Å². The fraction of sp³-hybridized carbons (Fsp3) is 0.400. The molecule has 0 aromatic heterocycles. The van der Waals surface area contributed by atoms with Crippen LogP contribution in [-0.2, 0) is 0 Å². The highest BCUT2D eigenvalue weighted by molar-refractivity contribution is 5.62. The summed E-state index contributed by atoms with van der Waals surface area (Å²) < 4.78 is 0. The van der Waals surface area contributed by atoms with Gasteiger partial charge < -0.3 is 11.1 Å². The molecule has 0 radical (unpaired) electrons. The molecule has 1 rings (SSSR count). The Labute approximate surface area is 88.4 Å². The summed E-state index contributed by atoms with van der Waals surface area (Å²) in [5, 5.41) is 13.7. The summed E-state index contributed by atoms with van der Waals surface area (Å²) in [7, 11) is 0. The number of rotatable bonds is 2. The van der Waals surface area contributed by atoms with Crippen LogP contribution in [0.2, 0.25) is 0 Å². The lowest BCUT2D eigenvalue weighted by Crippen LogP contribution is -2.26. The number of nitro groups is 1. The molecule has 0 amide bonds. The zero-order valence-corrected chi connectivity index (χ0v) is 9.07. The second kappa shape index (κ2) is 3.76. The molecule has 0 aliphatic carbocycles. The van der Waals surface area contributed by atoms with E-state index in [1.54, 1.807) is 6.07 Å². The second-order valence-electron chi connectivity index (χ2n) is 4.45. The van der Waals surface area contributed by atoms with Crippen LogP contribution in [0.15, 0.2) is 18.2 Å². The van der Waals surface area contributed by atoms with Crippen LogP contribution in [0.5, 0.6) is 0 Å². The maximum absolute atomic E-state index is 10.6. The van der Waals surface area contributed by atoms with Crippen molar-refractivity contribution in [1.29, 1.82) is 0 Å². The normalized spacial score (nSPS) is 11.1. The van der Waals surface area contributed by atoms with E-state index in [2.05, 4.69) is 5.32 Å². The van der Waals surface area contributed by atoms with Gasteiger partial charge in [0.2, 0.25) is 0 Å². The molecule has 0 bridgehead atoms. The number of nitrogens with zero attached hydrogens (tertiary/aromatic N) is 1. The van der Waals surface area contributed by atoms with Crippen molar-refractivity contribution in [1.82, 2.24) is 0 Å². The maximum Gasteiger partial charge on any atom is 0.273 e. The summed E-state index contributed by atoms with van der Waals surface area (Å²) in [4.78, 5) is 10.1. The number of nitrogen functional groups attached to an aromatic ring is 1. The third-order valence-corrected chi connectivity index (χ3v) is 1.67. The van der Waals surface area contributed by atoms with E-state index < -0.39 is 4.92 Å². The highest BCUT2D eigenvalue weighted by Gasteiger charge is 2.13. The van der Waals surface area contributed by atoms with Crippen LogP contribution in [0.1, 0.15) is 20.8 Å². The molecule has 3 N–H and O–H groups in total.